The van der Waals surface area contributed by atoms with Crippen molar-refractivity contribution in [3.05, 3.63) is 149 Å². The number of benzene rings is 5. The molecule has 35 heavy (non-hydrogen) atoms. The first-order valence-corrected chi connectivity index (χ1v) is 13.7. The number of hydrogen-bond donors (Lipinski definition) is 0. The molecule has 0 aliphatic carbocycles. The summed E-state index contributed by atoms with van der Waals surface area (Å²) in [6.07, 6.45) is 1.95. The molecule has 170 valence electrons. The maximum absolute atomic E-state index is 2.49. The lowest BCUT2D eigenvalue weighted by atomic mass is 9.96. The summed E-state index contributed by atoms with van der Waals surface area (Å²) in [7, 11) is -0.548. The Balaban J connectivity index is 1.59. The molecule has 1 aromatic heterocycles. The van der Waals surface area contributed by atoms with Crippen molar-refractivity contribution in [3.63, 3.8) is 0 Å². The maximum Gasteiger partial charge on any atom is 0.00711 e. The van der Waals surface area contributed by atoms with Crippen LogP contribution in [0.3, 0.4) is 0 Å². The largest absolute Gasteiger partial charge is 0.0772 e. The van der Waals surface area contributed by atoms with Gasteiger partial charge >= 0.3 is 0 Å². The van der Waals surface area contributed by atoms with Gasteiger partial charge in [0, 0.05) is 10.2 Å². The SMILES string of the molecule is Cc1cc2c(cc1Cc1ccccc1)c1cc(Cc3ccccc3)c(C)cc1p2-c1ccccc1. The van der Waals surface area contributed by atoms with Crippen LogP contribution < -0.4 is 0 Å². The summed E-state index contributed by atoms with van der Waals surface area (Å²) in [5, 5.41) is 7.31. The Morgan fingerprint density at radius 3 is 1.31 bits per heavy atom. The van der Waals surface area contributed by atoms with E-state index in [4.69, 9.17) is 0 Å². The number of aryl methyl sites for hydroxylation is 2. The van der Waals surface area contributed by atoms with E-state index in [1.165, 1.54) is 59.7 Å². The first-order chi connectivity index (χ1) is 17.2. The van der Waals surface area contributed by atoms with Crippen molar-refractivity contribution in [1.82, 2.24) is 0 Å². The zero-order valence-electron chi connectivity index (χ0n) is 20.3. The number of hydrogen-bond acceptors (Lipinski definition) is 0. The van der Waals surface area contributed by atoms with E-state index in [-0.39, 0.29) is 0 Å². The molecule has 0 unspecified atom stereocenters. The van der Waals surface area contributed by atoms with Gasteiger partial charge < -0.3 is 0 Å². The van der Waals surface area contributed by atoms with Crippen molar-refractivity contribution in [2.24, 2.45) is 0 Å². The highest BCUT2D eigenvalue weighted by Gasteiger charge is 2.17. The highest BCUT2D eigenvalue weighted by molar-refractivity contribution is 7.67. The molecule has 0 nitrogen and oxygen atoms in total. The van der Waals surface area contributed by atoms with Crippen LogP contribution in [-0.4, -0.2) is 0 Å². The van der Waals surface area contributed by atoms with Gasteiger partial charge in [-0.25, -0.2) is 0 Å². The molecule has 0 bridgehead atoms. The Labute approximate surface area is 208 Å². The minimum Gasteiger partial charge on any atom is -0.0772 e. The van der Waals surface area contributed by atoms with E-state index in [9.17, 15) is 0 Å². The van der Waals surface area contributed by atoms with E-state index in [2.05, 4.69) is 129 Å². The lowest BCUT2D eigenvalue weighted by Gasteiger charge is -2.09. The second kappa shape index (κ2) is 9.21. The van der Waals surface area contributed by atoms with Crippen LogP contribution in [0.2, 0.25) is 0 Å². The summed E-state index contributed by atoms with van der Waals surface area (Å²) in [5.41, 5.74) is 8.38. The average Bonchev–Trinajstić information content (AvgIpc) is 3.18. The molecule has 0 fully saturated rings. The van der Waals surface area contributed by atoms with Crippen molar-refractivity contribution in [2.75, 3.05) is 0 Å². The van der Waals surface area contributed by atoms with E-state index in [0.29, 0.717) is 0 Å². The van der Waals surface area contributed by atoms with E-state index < -0.39 is 7.53 Å². The fraction of sp³-hybridized carbons (Fsp3) is 0.118. The molecule has 5 aromatic carbocycles. The molecule has 6 aromatic rings. The van der Waals surface area contributed by atoms with Gasteiger partial charge in [-0.1, -0.05) is 98.5 Å². The lowest BCUT2D eigenvalue weighted by Crippen LogP contribution is -1.92. The van der Waals surface area contributed by atoms with Gasteiger partial charge in [-0.2, -0.15) is 0 Å². The maximum atomic E-state index is 2.49. The van der Waals surface area contributed by atoms with Crippen LogP contribution in [0.5, 0.6) is 0 Å². The van der Waals surface area contributed by atoms with Crippen LogP contribution in [0.15, 0.2) is 115 Å². The van der Waals surface area contributed by atoms with Crippen LogP contribution in [0.25, 0.3) is 26.3 Å². The van der Waals surface area contributed by atoms with Crippen molar-refractivity contribution in [3.8, 4) is 5.30 Å². The Bertz CT molecular complexity index is 1520. The quantitative estimate of drug-likeness (QED) is 0.236. The first kappa shape index (κ1) is 21.9. The predicted octanol–water partition coefficient (Wildman–Crippen LogP) is 9.77. The first-order valence-electron chi connectivity index (χ1n) is 12.4. The lowest BCUT2D eigenvalue weighted by molar-refractivity contribution is 1.16. The van der Waals surface area contributed by atoms with Crippen LogP contribution in [0.4, 0.5) is 0 Å². The van der Waals surface area contributed by atoms with Crippen LogP contribution in [0, 0.1) is 13.8 Å². The zero-order chi connectivity index (χ0) is 23.8. The van der Waals surface area contributed by atoms with E-state index in [1.54, 1.807) is 0 Å². The van der Waals surface area contributed by atoms with Gasteiger partial charge in [0.05, 0.1) is 0 Å². The van der Waals surface area contributed by atoms with Crippen molar-refractivity contribution in [1.29, 1.82) is 0 Å². The van der Waals surface area contributed by atoms with Gasteiger partial charge in [-0.3, -0.25) is 0 Å². The van der Waals surface area contributed by atoms with E-state index >= 15 is 0 Å². The molecule has 0 aliphatic heterocycles. The van der Waals surface area contributed by atoms with Crippen molar-refractivity contribution in [2.45, 2.75) is 26.7 Å². The van der Waals surface area contributed by atoms with E-state index in [0.717, 1.165) is 12.8 Å². The topological polar surface area (TPSA) is 0 Å². The van der Waals surface area contributed by atoms with Gasteiger partial charge in [0.15, 0.2) is 0 Å². The highest BCUT2D eigenvalue weighted by atomic mass is 31.1. The molecule has 0 N–H and O–H groups in total. The smallest absolute Gasteiger partial charge is 0.00711 e. The summed E-state index contributed by atoms with van der Waals surface area (Å²) >= 11 is 0. The standard InChI is InChI=1S/C34H29P/c1-24-18-33-31(22-28(24)20-26-12-6-3-7-13-26)32-23-29(21-27-14-8-4-9-15-27)25(2)19-34(32)35(33)30-16-10-5-11-17-30/h3-19,22-23H,20-21H2,1-2H3. The highest BCUT2D eigenvalue weighted by Crippen LogP contribution is 2.56. The molecule has 0 spiro atoms. The molecule has 6 rings (SSSR count). The molecule has 0 amide bonds. The third-order valence-corrected chi connectivity index (χ3v) is 9.69. The Morgan fingerprint density at radius 1 is 0.486 bits per heavy atom. The van der Waals surface area contributed by atoms with Gasteiger partial charge in [0.1, 0.15) is 0 Å². The van der Waals surface area contributed by atoms with Gasteiger partial charge in [-0.05, 0) is 100 Å². The predicted molar refractivity (Wildman–Crippen MR) is 153 cm³/mol. The summed E-state index contributed by atoms with van der Waals surface area (Å²) in [6.45, 7) is 4.57. The van der Waals surface area contributed by atoms with Gasteiger partial charge in [-0.15, -0.1) is 0 Å². The van der Waals surface area contributed by atoms with Crippen molar-refractivity contribution >= 4 is 28.5 Å². The minimum absolute atomic E-state index is 0.548. The number of fused-ring (bicyclic) bond motifs is 3. The average molecular weight is 469 g/mol. The summed E-state index contributed by atoms with van der Waals surface area (Å²) in [4.78, 5) is 0. The molecule has 0 aliphatic rings. The summed E-state index contributed by atoms with van der Waals surface area (Å²) < 4.78 is 0. The second-order valence-electron chi connectivity index (χ2n) is 9.59. The van der Waals surface area contributed by atoms with Gasteiger partial charge in [0.25, 0.3) is 0 Å². The van der Waals surface area contributed by atoms with E-state index in [1.807, 2.05) is 0 Å². The molecule has 1 heterocycles. The molecular formula is C34H29P. The fourth-order valence-corrected chi connectivity index (χ4v) is 8.06. The normalized spacial score (nSPS) is 11.4. The Morgan fingerprint density at radius 2 is 0.886 bits per heavy atom. The third kappa shape index (κ3) is 4.20. The fourth-order valence-electron chi connectivity index (χ4n) is 5.27. The van der Waals surface area contributed by atoms with Crippen LogP contribution in [0.1, 0.15) is 33.4 Å². The molecule has 0 radical (unpaired) electrons. The molecule has 0 atom stereocenters. The monoisotopic (exact) mass is 468 g/mol. The Hall–Kier alpha value is -3.60. The third-order valence-electron chi connectivity index (χ3n) is 7.17. The second-order valence-corrected chi connectivity index (χ2v) is 11.7. The number of rotatable bonds is 5. The van der Waals surface area contributed by atoms with Crippen molar-refractivity contribution < 1.29 is 0 Å². The molecule has 0 saturated heterocycles. The summed E-state index contributed by atoms with van der Waals surface area (Å²) in [6, 6.07) is 42.7. The minimum atomic E-state index is -0.548. The van der Waals surface area contributed by atoms with Gasteiger partial charge in [0.2, 0.25) is 0 Å². The Kier molecular flexibility index (Phi) is 5.77. The van der Waals surface area contributed by atoms with Crippen LogP contribution >= 0.6 is 7.53 Å². The summed E-state index contributed by atoms with van der Waals surface area (Å²) in [5.74, 6) is 0. The molecule has 1 heteroatoms. The molecular weight excluding hydrogens is 439 g/mol. The zero-order valence-corrected chi connectivity index (χ0v) is 21.2. The van der Waals surface area contributed by atoms with Crippen LogP contribution in [-0.2, 0) is 12.8 Å². The molecule has 0 saturated carbocycles.